The van der Waals surface area contributed by atoms with Crippen molar-refractivity contribution in [3.05, 3.63) is 47.5 Å². The highest BCUT2D eigenvalue weighted by molar-refractivity contribution is 6.31. The van der Waals surface area contributed by atoms with Crippen LogP contribution in [0.2, 0.25) is 5.02 Å². The molecule has 0 atom stereocenters. The summed E-state index contributed by atoms with van der Waals surface area (Å²) >= 11 is 6.01. The number of rotatable bonds is 0. The van der Waals surface area contributed by atoms with Gasteiger partial charge >= 0.3 is 0 Å². The lowest BCUT2D eigenvalue weighted by atomic mass is 9.98. The van der Waals surface area contributed by atoms with Crippen molar-refractivity contribution in [2.24, 2.45) is 0 Å². The third-order valence-corrected chi connectivity index (χ3v) is 3.88. The second-order valence-corrected chi connectivity index (χ2v) is 5.40. The van der Waals surface area contributed by atoms with E-state index >= 15 is 0 Å². The molecule has 98 valence electrons. The molecule has 0 fully saturated rings. The Kier molecular flexibility index (Phi) is 1.98. The molecular weight excluding hydrogens is 284 g/mol. The number of halogens is 1. The molecule has 5 heteroatoms. The summed E-state index contributed by atoms with van der Waals surface area (Å²) in [5.41, 5.74) is 6.61. The molecule has 0 bridgehead atoms. The molecule has 0 saturated carbocycles. The van der Waals surface area contributed by atoms with Crippen LogP contribution in [0.4, 0.5) is 0 Å². The van der Waals surface area contributed by atoms with Crippen molar-refractivity contribution in [3.8, 4) is 22.8 Å². The van der Waals surface area contributed by atoms with Crippen molar-refractivity contribution < 1.29 is 0 Å². The normalized spacial score (nSPS) is 12.0. The minimum absolute atomic E-state index is 0.654. The number of nitrogens with zero attached hydrogens (tertiary/aromatic N) is 4. The van der Waals surface area contributed by atoms with Crippen molar-refractivity contribution in [2.45, 2.75) is 0 Å². The van der Waals surface area contributed by atoms with Gasteiger partial charge in [-0.05, 0) is 30.3 Å². The molecular formula is C16H7ClN4. The maximum absolute atomic E-state index is 6.01. The molecule has 0 radical (unpaired) electrons. The molecule has 0 saturated heterocycles. The standard InChI is InChI=1S/C16H7ClN4/c17-8-5-6-11-12(7-8)21-16-14-13(15(16)20-11)18-9-3-1-2-4-10(9)19-14/h1-7H. The Bertz CT molecular complexity index is 1060. The first-order valence-electron chi connectivity index (χ1n) is 6.54. The third kappa shape index (κ3) is 1.45. The molecule has 4 nitrogen and oxygen atoms in total. The molecule has 1 aliphatic carbocycles. The monoisotopic (exact) mass is 290 g/mol. The molecule has 1 aliphatic rings. The Morgan fingerprint density at radius 1 is 0.571 bits per heavy atom. The Hall–Kier alpha value is -2.59. The zero-order valence-electron chi connectivity index (χ0n) is 10.7. The summed E-state index contributed by atoms with van der Waals surface area (Å²) in [6.07, 6.45) is 0. The lowest BCUT2D eigenvalue weighted by Crippen LogP contribution is -2.09. The van der Waals surface area contributed by atoms with E-state index in [1.54, 1.807) is 0 Å². The number of para-hydroxylation sites is 2. The summed E-state index contributed by atoms with van der Waals surface area (Å²) in [7, 11) is 0. The minimum Gasteiger partial charge on any atom is -0.242 e. The number of fused-ring (bicyclic) bond motifs is 6. The van der Waals surface area contributed by atoms with Gasteiger partial charge in [-0.3, -0.25) is 0 Å². The molecule has 0 spiro atoms. The number of benzene rings is 2. The first-order chi connectivity index (χ1) is 10.3. The fraction of sp³-hybridized carbons (Fsp3) is 0. The van der Waals surface area contributed by atoms with Crippen molar-refractivity contribution in [1.29, 1.82) is 0 Å². The Balaban J connectivity index is 1.82. The van der Waals surface area contributed by atoms with Crippen LogP contribution in [0.3, 0.4) is 0 Å². The molecule has 4 aromatic rings. The van der Waals surface area contributed by atoms with Gasteiger partial charge in [0.05, 0.1) is 22.1 Å². The van der Waals surface area contributed by atoms with E-state index in [0.717, 1.165) is 44.8 Å². The van der Waals surface area contributed by atoms with Gasteiger partial charge in [-0.1, -0.05) is 23.7 Å². The van der Waals surface area contributed by atoms with Crippen LogP contribution in [-0.4, -0.2) is 19.9 Å². The minimum atomic E-state index is 0.654. The SMILES string of the molecule is Clc1ccc2nc3c(nc2c1)-c1nc2ccccc2nc1-3. The molecule has 2 aromatic carbocycles. The topological polar surface area (TPSA) is 51.6 Å². The summed E-state index contributed by atoms with van der Waals surface area (Å²) in [5, 5.41) is 0.654. The third-order valence-electron chi connectivity index (χ3n) is 3.65. The predicted octanol–water partition coefficient (Wildman–Crippen LogP) is 3.87. The Morgan fingerprint density at radius 3 is 1.62 bits per heavy atom. The first kappa shape index (κ1) is 11.1. The van der Waals surface area contributed by atoms with E-state index < -0.39 is 0 Å². The zero-order chi connectivity index (χ0) is 14.0. The summed E-state index contributed by atoms with van der Waals surface area (Å²) in [6.45, 7) is 0. The van der Waals surface area contributed by atoms with Crippen LogP contribution >= 0.6 is 11.6 Å². The average Bonchev–Trinajstić information content (AvgIpc) is 2.51. The molecule has 0 N–H and O–H groups in total. The van der Waals surface area contributed by atoms with E-state index in [1.807, 2.05) is 42.5 Å². The van der Waals surface area contributed by atoms with Crippen LogP contribution in [0.25, 0.3) is 44.8 Å². The highest BCUT2D eigenvalue weighted by Crippen LogP contribution is 2.43. The van der Waals surface area contributed by atoms with E-state index in [-0.39, 0.29) is 0 Å². The van der Waals surface area contributed by atoms with E-state index in [2.05, 4.69) is 19.9 Å². The number of hydrogen-bond donors (Lipinski definition) is 0. The van der Waals surface area contributed by atoms with E-state index in [4.69, 9.17) is 11.6 Å². The molecule has 2 heterocycles. The molecule has 5 rings (SSSR count). The molecule has 2 aromatic heterocycles. The van der Waals surface area contributed by atoms with Crippen LogP contribution in [-0.2, 0) is 0 Å². The highest BCUT2D eigenvalue weighted by Gasteiger charge is 2.30. The van der Waals surface area contributed by atoms with Gasteiger partial charge in [0.15, 0.2) is 0 Å². The average molecular weight is 291 g/mol. The fourth-order valence-electron chi connectivity index (χ4n) is 2.63. The molecule has 0 unspecified atom stereocenters. The maximum Gasteiger partial charge on any atom is 0.120 e. The van der Waals surface area contributed by atoms with E-state index in [0.29, 0.717) is 5.02 Å². The summed E-state index contributed by atoms with van der Waals surface area (Å²) in [6, 6.07) is 13.3. The number of aromatic nitrogens is 4. The smallest absolute Gasteiger partial charge is 0.120 e. The van der Waals surface area contributed by atoms with Crippen molar-refractivity contribution in [2.75, 3.05) is 0 Å². The number of hydrogen-bond acceptors (Lipinski definition) is 4. The predicted molar refractivity (Wildman–Crippen MR) is 82.1 cm³/mol. The lowest BCUT2D eigenvalue weighted by molar-refractivity contribution is 1.15. The van der Waals surface area contributed by atoms with Gasteiger partial charge < -0.3 is 0 Å². The van der Waals surface area contributed by atoms with Crippen LogP contribution in [0.15, 0.2) is 42.5 Å². The fourth-order valence-corrected chi connectivity index (χ4v) is 2.79. The summed E-state index contributed by atoms with van der Waals surface area (Å²) in [5.74, 6) is 0. The molecule has 0 amide bonds. The summed E-state index contributed by atoms with van der Waals surface area (Å²) in [4.78, 5) is 18.5. The van der Waals surface area contributed by atoms with E-state index in [1.165, 1.54) is 0 Å². The van der Waals surface area contributed by atoms with Crippen LogP contribution < -0.4 is 0 Å². The summed E-state index contributed by atoms with van der Waals surface area (Å²) < 4.78 is 0. The quantitative estimate of drug-likeness (QED) is 0.434. The van der Waals surface area contributed by atoms with Gasteiger partial charge in [0.2, 0.25) is 0 Å². The highest BCUT2D eigenvalue weighted by atomic mass is 35.5. The largest absolute Gasteiger partial charge is 0.242 e. The van der Waals surface area contributed by atoms with Gasteiger partial charge in [0.25, 0.3) is 0 Å². The maximum atomic E-state index is 6.01. The second-order valence-electron chi connectivity index (χ2n) is 4.96. The van der Waals surface area contributed by atoms with Crippen LogP contribution in [0.1, 0.15) is 0 Å². The van der Waals surface area contributed by atoms with Crippen molar-refractivity contribution in [3.63, 3.8) is 0 Å². The zero-order valence-corrected chi connectivity index (χ0v) is 11.5. The Morgan fingerprint density at radius 2 is 1.05 bits per heavy atom. The van der Waals surface area contributed by atoms with Gasteiger partial charge in [0, 0.05) is 5.02 Å². The van der Waals surface area contributed by atoms with Crippen molar-refractivity contribution >= 4 is 33.7 Å². The molecule has 21 heavy (non-hydrogen) atoms. The van der Waals surface area contributed by atoms with Gasteiger partial charge in [-0.25, -0.2) is 19.9 Å². The second kappa shape index (κ2) is 3.74. The molecule has 0 aliphatic heterocycles. The van der Waals surface area contributed by atoms with Gasteiger partial charge in [0.1, 0.15) is 22.8 Å². The van der Waals surface area contributed by atoms with Crippen LogP contribution in [0, 0.1) is 0 Å². The lowest BCUT2D eigenvalue weighted by Gasteiger charge is -2.20. The first-order valence-corrected chi connectivity index (χ1v) is 6.92. The Labute approximate surface area is 124 Å². The van der Waals surface area contributed by atoms with Crippen molar-refractivity contribution in [1.82, 2.24) is 19.9 Å². The van der Waals surface area contributed by atoms with Crippen LogP contribution in [0.5, 0.6) is 0 Å². The van der Waals surface area contributed by atoms with Gasteiger partial charge in [-0.15, -0.1) is 0 Å². The van der Waals surface area contributed by atoms with Gasteiger partial charge in [-0.2, -0.15) is 0 Å². The van der Waals surface area contributed by atoms with E-state index in [9.17, 15) is 0 Å².